The van der Waals surface area contributed by atoms with E-state index in [4.69, 9.17) is 0 Å². The number of rotatable bonds is 5. The Labute approximate surface area is 183 Å². The van der Waals surface area contributed by atoms with Crippen LogP contribution >= 0.6 is 22.7 Å². The zero-order chi connectivity index (χ0) is 21.1. The molecule has 8 heteroatoms. The van der Waals surface area contributed by atoms with Gasteiger partial charge in [0.25, 0.3) is 5.91 Å². The van der Waals surface area contributed by atoms with Crippen molar-refractivity contribution in [2.24, 2.45) is 0 Å². The van der Waals surface area contributed by atoms with E-state index < -0.39 is 0 Å². The van der Waals surface area contributed by atoms with Gasteiger partial charge >= 0.3 is 0 Å². The first-order chi connectivity index (χ1) is 14.5. The fraction of sp³-hybridized carbons (Fsp3) is 0.273. The Morgan fingerprint density at radius 1 is 1.30 bits per heavy atom. The molecule has 154 valence electrons. The average Bonchev–Trinajstić information content (AvgIpc) is 3.42. The van der Waals surface area contributed by atoms with Crippen LogP contribution in [0.1, 0.15) is 42.8 Å². The van der Waals surface area contributed by atoms with Crippen LogP contribution in [0.3, 0.4) is 0 Å². The highest BCUT2D eigenvalue weighted by Crippen LogP contribution is 2.25. The van der Waals surface area contributed by atoms with Crippen LogP contribution < -0.4 is 5.32 Å². The molecule has 1 aliphatic heterocycles. The Kier molecular flexibility index (Phi) is 6.06. The Hall–Kier alpha value is -2.84. The van der Waals surface area contributed by atoms with Crippen LogP contribution in [-0.2, 0) is 24.3 Å². The summed E-state index contributed by atoms with van der Waals surface area (Å²) in [4.78, 5) is 36.6. The monoisotopic (exact) mass is 438 g/mol. The molecule has 0 saturated heterocycles. The van der Waals surface area contributed by atoms with Gasteiger partial charge in [-0.1, -0.05) is 6.07 Å². The van der Waals surface area contributed by atoms with Gasteiger partial charge in [-0.15, -0.1) is 22.7 Å². The highest BCUT2D eigenvalue weighted by Gasteiger charge is 2.25. The number of nitrogens with one attached hydrogen (secondary N) is 1. The number of hydrogen-bond acceptors (Lipinski definition) is 6. The van der Waals surface area contributed by atoms with Crippen LogP contribution in [0, 0.1) is 13.8 Å². The van der Waals surface area contributed by atoms with E-state index in [1.165, 1.54) is 16.9 Å². The van der Waals surface area contributed by atoms with Crippen LogP contribution in [0.25, 0.3) is 6.08 Å². The third kappa shape index (κ3) is 4.49. The lowest BCUT2D eigenvalue weighted by Crippen LogP contribution is -2.37. The largest absolute Gasteiger partial charge is 0.348 e. The second-order valence-electron chi connectivity index (χ2n) is 7.12. The first-order valence-corrected chi connectivity index (χ1v) is 11.4. The molecule has 30 heavy (non-hydrogen) atoms. The summed E-state index contributed by atoms with van der Waals surface area (Å²) in [6.07, 6.45) is 5.96. The highest BCUT2D eigenvalue weighted by molar-refractivity contribution is 7.10. The van der Waals surface area contributed by atoms with E-state index in [1.54, 1.807) is 17.4 Å². The van der Waals surface area contributed by atoms with Crippen molar-refractivity contribution in [3.05, 3.63) is 73.1 Å². The van der Waals surface area contributed by atoms with Crippen molar-refractivity contribution in [2.75, 3.05) is 6.54 Å². The number of nitrogens with zero attached hydrogens (tertiary/aromatic N) is 3. The van der Waals surface area contributed by atoms with E-state index in [2.05, 4.69) is 15.3 Å². The molecule has 0 aliphatic carbocycles. The van der Waals surface area contributed by atoms with Crippen LogP contribution in [0.5, 0.6) is 0 Å². The zero-order valence-corrected chi connectivity index (χ0v) is 18.5. The van der Waals surface area contributed by atoms with Gasteiger partial charge in [0, 0.05) is 47.9 Å². The molecule has 0 saturated carbocycles. The van der Waals surface area contributed by atoms with Gasteiger partial charge in [-0.2, -0.15) is 0 Å². The summed E-state index contributed by atoms with van der Waals surface area (Å²) in [6.45, 7) is 5.42. The minimum absolute atomic E-state index is 0.0425. The summed E-state index contributed by atoms with van der Waals surface area (Å²) in [5.41, 5.74) is 4.67. The highest BCUT2D eigenvalue weighted by atomic mass is 32.1. The molecule has 0 atom stereocenters. The third-order valence-corrected chi connectivity index (χ3v) is 6.71. The van der Waals surface area contributed by atoms with Gasteiger partial charge in [-0.3, -0.25) is 14.6 Å². The molecule has 3 aromatic heterocycles. The van der Waals surface area contributed by atoms with Crippen LogP contribution in [-0.4, -0.2) is 33.2 Å². The molecule has 4 heterocycles. The molecular weight excluding hydrogens is 416 g/mol. The summed E-state index contributed by atoms with van der Waals surface area (Å²) in [5.74, 6) is -0.175. The normalized spacial score (nSPS) is 13.5. The lowest BCUT2D eigenvalue weighted by molar-refractivity contribution is -0.116. The maximum Gasteiger partial charge on any atom is 0.273 e. The van der Waals surface area contributed by atoms with Gasteiger partial charge in [0.2, 0.25) is 5.91 Å². The Balaban J connectivity index is 1.45. The number of thiophene rings is 1. The molecule has 4 rings (SSSR count). The van der Waals surface area contributed by atoms with E-state index in [1.807, 2.05) is 53.9 Å². The van der Waals surface area contributed by atoms with Crippen molar-refractivity contribution in [3.8, 4) is 0 Å². The van der Waals surface area contributed by atoms with Crippen molar-refractivity contribution in [3.63, 3.8) is 0 Å². The number of thiazole rings is 1. The second-order valence-corrected chi connectivity index (χ2v) is 9.16. The standard InChI is InChI=1S/C22H22N4O2S2/c1-14-19(11-24-21(27)6-5-17-4-3-9-29-17)18-7-8-26(12-16(18)10-23-14)22(28)20-13-30-15(2)25-20/h3-6,9-10,13H,7-8,11-12H2,1-2H3,(H,24,27)/b6-5+. The van der Waals surface area contributed by atoms with E-state index >= 15 is 0 Å². The third-order valence-electron chi connectivity index (χ3n) is 5.10. The lowest BCUT2D eigenvalue weighted by atomic mass is 9.94. The topological polar surface area (TPSA) is 75.2 Å². The predicted molar refractivity (Wildman–Crippen MR) is 119 cm³/mol. The summed E-state index contributed by atoms with van der Waals surface area (Å²) in [7, 11) is 0. The molecular formula is C22H22N4O2S2. The number of pyridine rings is 1. The van der Waals surface area contributed by atoms with Gasteiger partial charge in [0.05, 0.1) is 5.01 Å². The van der Waals surface area contributed by atoms with Crippen molar-refractivity contribution < 1.29 is 9.59 Å². The van der Waals surface area contributed by atoms with Crippen molar-refractivity contribution in [1.29, 1.82) is 0 Å². The SMILES string of the molecule is Cc1nc(C(=O)N2CCc3c(cnc(C)c3CNC(=O)/C=C/c3cccs3)C2)cs1. The maximum atomic E-state index is 12.7. The van der Waals surface area contributed by atoms with E-state index in [0.29, 0.717) is 25.3 Å². The summed E-state index contributed by atoms with van der Waals surface area (Å²) >= 11 is 3.07. The molecule has 0 unspecified atom stereocenters. The number of aryl methyl sites for hydroxylation is 2. The molecule has 0 aromatic carbocycles. The molecule has 0 bridgehead atoms. The Morgan fingerprint density at radius 2 is 2.17 bits per heavy atom. The number of amides is 2. The first kappa shape index (κ1) is 20.4. The Morgan fingerprint density at radius 3 is 2.90 bits per heavy atom. The molecule has 0 spiro atoms. The fourth-order valence-corrected chi connectivity index (χ4v) is 4.74. The number of fused-ring (bicyclic) bond motifs is 1. The van der Waals surface area contributed by atoms with Gasteiger partial charge in [0.15, 0.2) is 0 Å². The van der Waals surface area contributed by atoms with E-state index in [9.17, 15) is 9.59 Å². The number of hydrogen-bond donors (Lipinski definition) is 1. The number of carbonyl (C=O) groups is 2. The van der Waals surface area contributed by atoms with Gasteiger partial charge in [0.1, 0.15) is 5.69 Å². The van der Waals surface area contributed by atoms with E-state index in [0.717, 1.165) is 33.1 Å². The molecule has 1 aliphatic rings. The van der Waals surface area contributed by atoms with Crippen molar-refractivity contribution >= 4 is 40.6 Å². The number of carbonyl (C=O) groups excluding carboxylic acids is 2. The fourth-order valence-electron chi connectivity index (χ4n) is 3.53. The van der Waals surface area contributed by atoms with Crippen molar-refractivity contribution in [2.45, 2.75) is 33.4 Å². The van der Waals surface area contributed by atoms with Gasteiger partial charge < -0.3 is 10.2 Å². The maximum absolute atomic E-state index is 12.7. The van der Waals surface area contributed by atoms with Crippen LogP contribution in [0.2, 0.25) is 0 Å². The average molecular weight is 439 g/mol. The quantitative estimate of drug-likeness (QED) is 0.616. The van der Waals surface area contributed by atoms with Gasteiger partial charge in [-0.25, -0.2) is 4.98 Å². The van der Waals surface area contributed by atoms with Crippen LogP contribution in [0.15, 0.2) is 35.2 Å². The number of aromatic nitrogens is 2. The lowest BCUT2D eigenvalue weighted by Gasteiger charge is -2.30. The van der Waals surface area contributed by atoms with Gasteiger partial charge in [-0.05, 0) is 54.5 Å². The minimum Gasteiger partial charge on any atom is -0.348 e. The molecule has 2 amide bonds. The smallest absolute Gasteiger partial charge is 0.273 e. The summed E-state index contributed by atoms with van der Waals surface area (Å²) in [5, 5.41) is 7.64. The summed E-state index contributed by atoms with van der Waals surface area (Å²) in [6, 6.07) is 3.92. The van der Waals surface area contributed by atoms with Crippen LogP contribution in [0.4, 0.5) is 0 Å². The van der Waals surface area contributed by atoms with Crippen molar-refractivity contribution in [1.82, 2.24) is 20.2 Å². The Bertz CT molecular complexity index is 1100. The predicted octanol–water partition coefficient (Wildman–Crippen LogP) is 3.74. The molecule has 0 radical (unpaired) electrons. The minimum atomic E-state index is -0.132. The second kappa shape index (κ2) is 8.89. The molecule has 3 aromatic rings. The first-order valence-electron chi connectivity index (χ1n) is 9.68. The zero-order valence-electron chi connectivity index (χ0n) is 16.8. The van der Waals surface area contributed by atoms with E-state index in [-0.39, 0.29) is 11.8 Å². The molecule has 6 nitrogen and oxygen atoms in total. The molecule has 1 N–H and O–H groups in total. The summed E-state index contributed by atoms with van der Waals surface area (Å²) < 4.78 is 0. The molecule has 0 fully saturated rings.